The van der Waals surface area contributed by atoms with Crippen LogP contribution in [0.4, 0.5) is 0 Å². The van der Waals surface area contributed by atoms with Gasteiger partial charge in [-0.25, -0.2) is 0 Å². The molecule has 1 unspecified atom stereocenters. The Balaban J connectivity index is 1.25. The molecule has 1 atom stereocenters. The molecule has 0 bridgehead atoms. The number of nitrogens with two attached hydrogens (primary N) is 1. The molecule has 3 aromatic rings. The van der Waals surface area contributed by atoms with Crippen molar-refractivity contribution in [2.45, 2.75) is 37.9 Å². The summed E-state index contributed by atoms with van der Waals surface area (Å²) in [7, 11) is 0. The van der Waals surface area contributed by atoms with E-state index in [2.05, 4.69) is 10.3 Å². The van der Waals surface area contributed by atoms with Crippen molar-refractivity contribution in [2.24, 2.45) is 5.73 Å². The number of carbonyl (C=O) groups is 2. The zero-order valence-corrected chi connectivity index (χ0v) is 16.9. The van der Waals surface area contributed by atoms with E-state index in [1.54, 1.807) is 12.4 Å². The van der Waals surface area contributed by atoms with Gasteiger partial charge >= 0.3 is 0 Å². The third-order valence-corrected chi connectivity index (χ3v) is 5.71. The molecule has 0 aliphatic carbocycles. The molecule has 7 heteroatoms. The fourth-order valence-corrected chi connectivity index (χ4v) is 3.95. The molecule has 0 spiro atoms. The van der Waals surface area contributed by atoms with Gasteiger partial charge in [0.1, 0.15) is 6.54 Å². The van der Waals surface area contributed by atoms with Gasteiger partial charge in [0, 0.05) is 36.9 Å². The van der Waals surface area contributed by atoms with Gasteiger partial charge in [-0.05, 0) is 37.0 Å². The van der Waals surface area contributed by atoms with Gasteiger partial charge in [-0.3, -0.25) is 14.6 Å². The number of aromatic nitrogens is 2. The van der Waals surface area contributed by atoms with Crippen molar-refractivity contribution >= 4 is 22.7 Å². The van der Waals surface area contributed by atoms with E-state index < -0.39 is 6.04 Å². The Kier molecular flexibility index (Phi) is 6.09. The number of fused-ring (bicyclic) bond motifs is 1. The number of likely N-dealkylation sites (tertiary alicyclic amines) is 1. The zero-order chi connectivity index (χ0) is 20.9. The van der Waals surface area contributed by atoms with Crippen LogP contribution < -0.4 is 11.1 Å². The molecular weight excluding hydrogens is 378 g/mol. The van der Waals surface area contributed by atoms with Gasteiger partial charge < -0.3 is 20.5 Å². The highest BCUT2D eigenvalue weighted by molar-refractivity contribution is 5.83. The predicted octanol–water partition coefficient (Wildman–Crippen LogP) is 1.71. The topological polar surface area (TPSA) is 93.3 Å². The number of nitrogens with zero attached hydrogens (tertiary/aromatic N) is 3. The van der Waals surface area contributed by atoms with Crippen LogP contribution in [0.1, 0.15) is 18.4 Å². The average molecular weight is 406 g/mol. The van der Waals surface area contributed by atoms with Crippen molar-refractivity contribution < 1.29 is 9.59 Å². The molecule has 2 amide bonds. The minimum absolute atomic E-state index is 0.0555. The number of rotatable bonds is 6. The first-order valence-electron chi connectivity index (χ1n) is 10.4. The zero-order valence-electron chi connectivity index (χ0n) is 16.9. The lowest BCUT2D eigenvalue weighted by Crippen LogP contribution is -2.51. The lowest BCUT2D eigenvalue weighted by atomic mass is 10.0. The Hall–Kier alpha value is -3.19. The fraction of sp³-hybridized carbons (Fsp3) is 0.348. The van der Waals surface area contributed by atoms with Gasteiger partial charge in [0.15, 0.2) is 0 Å². The summed E-state index contributed by atoms with van der Waals surface area (Å²) in [5, 5.41) is 4.13. The number of carbonyl (C=O) groups excluding carboxylic acids is 2. The molecule has 7 nitrogen and oxygen atoms in total. The SMILES string of the molecule is NC(Cc1ccccc1)C(=O)NC1CCN(C(=O)Cn2ccc3ccncc32)CC1. The van der Waals surface area contributed by atoms with Crippen molar-refractivity contribution in [3.63, 3.8) is 0 Å². The third-order valence-electron chi connectivity index (χ3n) is 5.71. The van der Waals surface area contributed by atoms with E-state index in [0.29, 0.717) is 26.1 Å². The van der Waals surface area contributed by atoms with Crippen LogP contribution in [0.3, 0.4) is 0 Å². The molecule has 2 aromatic heterocycles. The molecule has 30 heavy (non-hydrogen) atoms. The van der Waals surface area contributed by atoms with Crippen LogP contribution in [0.15, 0.2) is 61.1 Å². The van der Waals surface area contributed by atoms with Crippen LogP contribution in [0, 0.1) is 0 Å². The number of benzene rings is 1. The molecule has 0 radical (unpaired) electrons. The van der Waals surface area contributed by atoms with E-state index in [1.165, 1.54) is 0 Å². The second-order valence-corrected chi connectivity index (χ2v) is 7.84. The maximum atomic E-state index is 12.7. The summed E-state index contributed by atoms with van der Waals surface area (Å²) >= 11 is 0. The van der Waals surface area contributed by atoms with Crippen LogP contribution in [0.5, 0.6) is 0 Å². The Bertz CT molecular complexity index is 1010. The molecule has 156 valence electrons. The monoisotopic (exact) mass is 405 g/mol. The minimum Gasteiger partial charge on any atom is -0.352 e. The first-order valence-corrected chi connectivity index (χ1v) is 10.4. The Labute approximate surface area is 175 Å². The van der Waals surface area contributed by atoms with Crippen molar-refractivity contribution in [1.82, 2.24) is 19.8 Å². The van der Waals surface area contributed by atoms with Crippen molar-refractivity contribution in [2.75, 3.05) is 13.1 Å². The minimum atomic E-state index is -0.567. The summed E-state index contributed by atoms with van der Waals surface area (Å²) in [5.74, 6) is -0.0446. The molecule has 1 aliphatic rings. The molecule has 1 aromatic carbocycles. The average Bonchev–Trinajstić information content (AvgIpc) is 3.18. The maximum Gasteiger partial charge on any atom is 0.242 e. The summed E-state index contributed by atoms with van der Waals surface area (Å²) in [6, 6.07) is 13.2. The lowest BCUT2D eigenvalue weighted by Gasteiger charge is -2.33. The fourth-order valence-electron chi connectivity index (χ4n) is 3.95. The highest BCUT2D eigenvalue weighted by Crippen LogP contribution is 2.16. The number of pyridine rings is 1. The Morgan fingerprint density at radius 3 is 2.67 bits per heavy atom. The van der Waals surface area contributed by atoms with Crippen molar-refractivity contribution in [3.05, 3.63) is 66.6 Å². The molecule has 0 saturated carbocycles. The smallest absolute Gasteiger partial charge is 0.242 e. The van der Waals surface area contributed by atoms with Crippen LogP contribution >= 0.6 is 0 Å². The number of piperidine rings is 1. The second kappa shape index (κ2) is 9.09. The van der Waals surface area contributed by atoms with Crippen molar-refractivity contribution in [1.29, 1.82) is 0 Å². The van der Waals surface area contributed by atoms with Gasteiger partial charge in [0.25, 0.3) is 0 Å². The maximum absolute atomic E-state index is 12.7. The van der Waals surface area contributed by atoms with E-state index in [9.17, 15) is 9.59 Å². The van der Waals surface area contributed by atoms with Gasteiger partial charge in [0.2, 0.25) is 11.8 Å². The van der Waals surface area contributed by atoms with E-state index in [4.69, 9.17) is 5.73 Å². The largest absolute Gasteiger partial charge is 0.352 e. The predicted molar refractivity (Wildman–Crippen MR) is 116 cm³/mol. The Morgan fingerprint density at radius 2 is 1.90 bits per heavy atom. The van der Waals surface area contributed by atoms with Gasteiger partial charge in [-0.15, -0.1) is 0 Å². The summed E-state index contributed by atoms with van der Waals surface area (Å²) in [6.45, 7) is 1.57. The second-order valence-electron chi connectivity index (χ2n) is 7.84. The van der Waals surface area contributed by atoms with Crippen molar-refractivity contribution in [3.8, 4) is 0 Å². The van der Waals surface area contributed by atoms with E-state index >= 15 is 0 Å². The van der Waals surface area contributed by atoms with Crippen LogP contribution in [-0.4, -0.2) is 51.4 Å². The van der Waals surface area contributed by atoms with Crippen LogP contribution in [-0.2, 0) is 22.6 Å². The summed E-state index contributed by atoms with van der Waals surface area (Å²) in [5.41, 5.74) is 8.09. The molecule has 1 aliphatic heterocycles. The number of amides is 2. The normalized spacial score (nSPS) is 15.8. The summed E-state index contributed by atoms with van der Waals surface area (Å²) in [4.78, 5) is 31.2. The quantitative estimate of drug-likeness (QED) is 0.653. The highest BCUT2D eigenvalue weighted by Gasteiger charge is 2.25. The molecule has 3 heterocycles. The number of hydrogen-bond acceptors (Lipinski definition) is 4. The molecule has 1 fully saturated rings. The van der Waals surface area contributed by atoms with E-state index in [1.807, 2.05) is 58.1 Å². The van der Waals surface area contributed by atoms with E-state index in [0.717, 1.165) is 29.3 Å². The van der Waals surface area contributed by atoms with Gasteiger partial charge in [0.05, 0.1) is 17.8 Å². The number of hydrogen-bond donors (Lipinski definition) is 2. The lowest BCUT2D eigenvalue weighted by molar-refractivity contribution is -0.133. The molecule has 1 saturated heterocycles. The van der Waals surface area contributed by atoms with E-state index in [-0.39, 0.29) is 17.9 Å². The molecule has 4 rings (SSSR count). The first kappa shape index (κ1) is 20.1. The highest BCUT2D eigenvalue weighted by atomic mass is 16.2. The first-order chi connectivity index (χ1) is 14.6. The summed E-state index contributed by atoms with van der Waals surface area (Å²) in [6.07, 6.45) is 7.45. The summed E-state index contributed by atoms with van der Waals surface area (Å²) < 4.78 is 1.93. The molecule has 3 N–H and O–H groups in total. The van der Waals surface area contributed by atoms with Crippen LogP contribution in [0.25, 0.3) is 10.9 Å². The van der Waals surface area contributed by atoms with Crippen LogP contribution in [0.2, 0.25) is 0 Å². The third kappa shape index (κ3) is 4.68. The van der Waals surface area contributed by atoms with Gasteiger partial charge in [-0.2, -0.15) is 0 Å². The Morgan fingerprint density at radius 1 is 1.13 bits per heavy atom. The number of nitrogens with one attached hydrogen (secondary N) is 1. The molecular formula is C23H27N5O2. The van der Waals surface area contributed by atoms with Gasteiger partial charge in [-0.1, -0.05) is 30.3 Å². The standard InChI is InChI=1S/C23H27N5O2/c24-20(14-17-4-2-1-3-5-17)23(30)26-19-8-12-27(13-9-19)22(29)16-28-11-7-18-6-10-25-15-21(18)28/h1-7,10-11,15,19-20H,8-9,12-14,16,24H2,(H,26,30).